The molecule has 0 bridgehead atoms. The third kappa shape index (κ3) is 5.29. The van der Waals surface area contributed by atoms with Gasteiger partial charge in [0.15, 0.2) is 11.5 Å². The molecule has 0 fully saturated rings. The molecule has 0 N–H and O–H groups in total. The van der Waals surface area contributed by atoms with Gasteiger partial charge in [0.25, 0.3) is 0 Å². The molecular formula is C15H13F2N3O3. The number of hydrogen-bond acceptors (Lipinski definition) is 5. The topological polar surface area (TPSA) is 86.4 Å². The highest BCUT2D eigenvalue weighted by atomic mass is 19.3. The lowest BCUT2D eigenvalue weighted by Crippen LogP contribution is -2.30. The van der Waals surface area contributed by atoms with E-state index in [1.165, 1.54) is 25.3 Å². The third-order valence-electron chi connectivity index (χ3n) is 2.68. The summed E-state index contributed by atoms with van der Waals surface area (Å²) in [4.78, 5) is 12.9. The van der Waals surface area contributed by atoms with E-state index >= 15 is 0 Å². The summed E-state index contributed by atoms with van der Waals surface area (Å²) < 4.78 is 34.4. The first-order valence-electron chi connectivity index (χ1n) is 6.36. The van der Waals surface area contributed by atoms with Gasteiger partial charge < -0.3 is 14.4 Å². The molecule has 0 unspecified atom stereocenters. The predicted octanol–water partition coefficient (Wildman–Crippen LogP) is 2.19. The normalized spacial score (nSPS) is 10.2. The van der Waals surface area contributed by atoms with Crippen molar-refractivity contribution in [2.45, 2.75) is 6.61 Å². The van der Waals surface area contributed by atoms with Gasteiger partial charge in [-0.25, -0.2) is 0 Å². The van der Waals surface area contributed by atoms with Crippen LogP contribution in [-0.4, -0.2) is 37.6 Å². The van der Waals surface area contributed by atoms with Crippen molar-refractivity contribution in [3.63, 3.8) is 0 Å². The summed E-state index contributed by atoms with van der Waals surface area (Å²) in [5, 5.41) is 17.2. The SMILES string of the molecule is COc1cccc(/C=C/C(=O)N(CC#N)CC#N)c1OC(F)F. The van der Waals surface area contributed by atoms with Crippen molar-refractivity contribution in [1.82, 2.24) is 4.90 Å². The van der Waals surface area contributed by atoms with Gasteiger partial charge in [-0.2, -0.15) is 19.3 Å². The number of nitriles is 2. The van der Waals surface area contributed by atoms with E-state index in [9.17, 15) is 13.6 Å². The van der Waals surface area contributed by atoms with E-state index < -0.39 is 12.5 Å². The predicted molar refractivity (Wildman–Crippen MR) is 76.5 cm³/mol. The van der Waals surface area contributed by atoms with Crippen LogP contribution in [0.15, 0.2) is 24.3 Å². The Morgan fingerprint density at radius 2 is 2.00 bits per heavy atom. The number of methoxy groups -OCH3 is 1. The molecule has 120 valence electrons. The Balaban J connectivity index is 3.05. The molecule has 0 aliphatic carbocycles. The molecule has 0 aromatic heterocycles. The average molecular weight is 321 g/mol. The number of carbonyl (C=O) groups is 1. The minimum absolute atomic E-state index is 0.0887. The summed E-state index contributed by atoms with van der Waals surface area (Å²) in [5.41, 5.74) is 0.201. The number of halogens is 2. The molecule has 1 amide bonds. The Bertz CT molecular complexity index is 647. The van der Waals surface area contributed by atoms with E-state index in [1.54, 1.807) is 18.2 Å². The summed E-state index contributed by atoms with van der Waals surface area (Å²) in [6.07, 6.45) is 2.33. The minimum atomic E-state index is -3.05. The van der Waals surface area contributed by atoms with Crippen LogP contribution in [0.2, 0.25) is 0 Å². The number of para-hydroxylation sites is 1. The van der Waals surface area contributed by atoms with E-state index in [4.69, 9.17) is 15.3 Å². The fourth-order valence-corrected chi connectivity index (χ4v) is 1.69. The van der Waals surface area contributed by atoms with Gasteiger partial charge >= 0.3 is 6.61 Å². The van der Waals surface area contributed by atoms with Crippen LogP contribution in [0.3, 0.4) is 0 Å². The van der Waals surface area contributed by atoms with Crippen LogP contribution in [-0.2, 0) is 4.79 Å². The molecule has 1 aromatic rings. The van der Waals surface area contributed by atoms with Crippen LogP contribution in [0.1, 0.15) is 5.56 Å². The van der Waals surface area contributed by atoms with Gasteiger partial charge in [0.1, 0.15) is 13.1 Å². The van der Waals surface area contributed by atoms with Crippen LogP contribution in [0.5, 0.6) is 11.5 Å². The van der Waals surface area contributed by atoms with E-state index in [0.29, 0.717) is 0 Å². The first-order chi connectivity index (χ1) is 11.0. The van der Waals surface area contributed by atoms with Crippen molar-refractivity contribution in [1.29, 1.82) is 10.5 Å². The third-order valence-corrected chi connectivity index (χ3v) is 2.68. The molecule has 0 radical (unpaired) electrons. The Kier molecular flexibility index (Phi) is 7.02. The molecule has 0 aliphatic heterocycles. The number of ether oxygens (including phenoxy) is 2. The molecule has 0 aliphatic rings. The maximum Gasteiger partial charge on any atom is 0.387 e. The second-order valence-corrected chi connectivity index (χ2v) is 4.10. The summed E-state index contributed by atoms with van der Waals surface area (Å²) >= 11 is 0. The number of hydrogen-bond donors (Lipinski definition) is 0. The van der Waals surface area contributed by atoms with Crippen LogP contribution >= 0.6 is 0 Å². The Morgan fingerprint density at radius 3 is 2.52 bits per heavy atom. The molecule has 0 saturated carbocycles. The quantitative estimate of drug-likeness (QED) is 0.567. The highest BCUT2D eigenvalue weighted by Gasteiger charge is 2.15. The zero-order chi connectivity index (χ0) is 17.2. The largest absolute Gasteiger partial charge is 0.493 e. The van der Waals surface area contributed by atoms with Crippen molar-refractivity contribution in [2.24, 2.45) is 0 Å². The molecule has 6 nitrogen and oxygen atoms in total. The van der Waals surface area contributed by atoms with E-state index in [2.05, 4.69) is 4.74 Å². The average Bonchev–Trinajstić information content (AvgIpc) is 2.52. The summed E-state index contributed by atoms with van der Waals surface area (Å²) in [6.45, 7) is -3.56. The maximum absolute atomic E-state index is 12.5. The number of alkyl halides is 2. The standard InChI is InChI=1S/C15H13F2N3O3/c1-22-12-4-2-3-11(14(12)23-15(16)17)5-6-13(21)20(9-7-18)10-8-19/h2-6,15H,9-10H2,1H3/b6-5+. The highest BCUT2D eigenvalue weighted by molar-refractivity contribution is 5.92. The first kappa shape index (κ1) is 17.9. The monoisotopic (exact) mass is 321 g/mol. The Hall–Kier alpha value is -3.13. The van der Waals surface area contributed by atoms with Crippen molar-refractivity contribution in [3.8, 4) is 23.6 Å². The van der Waals surface area contributed by atoms with Gasteiger partial charge in [0.2, 0.25) is 5.91 Å². The molecule has 0 atom stereocenters. The lowest BCUT2D eigenvalue weighted by molar-refractivity contribution is -0.124. The first-order valence-corrected chi connectivity index (χ1v) is 6.36. The van der Waals surface area contributed by atoms with Gasteiger partial charge in [-0.15, -0.1) is 0 Å². The van der Waals surface area contributed by atoms with Crippen LogP contribution in [0, 0.1) is 22.7 Å². The molecule has 0 heterocycles. The van der Waals surface area contributed by atoms with Gasteiger partial charge in [-0.3, -0.25) is 4.79 Å². The highest BCUT2D eigenvalue weighted by Crippen LogP contribution is 2.33. The number of benzene rings is 1. The van der Waals surface area contributed by atoms with Crippen LogP contribution in [0.4, 0.5) is 8.78 Å². The number of nitrogens with zero attached hydrogens (tertiary/aromatic N) is 3. The van der Waals surface area contributed by atoms with Gasteiger partial charge in [0.05, 0.1) is 19.2 Å². The Morgan fingerprint density at radius 1 is 1.35 bits per heavy atom. The molecule has 8 heteroatoms. The van der Waals surface area contributed by atoms with Crippen molar-refractivity contribution >= 4 is 12.0 Å². The smallest absolute Gasteiger partial charge is 0.387 e. The fraction of sp³-hybridized carbons (Fsp3) is 0.267. The summed E-state index contributed by atoms with van der Waals surface area (Å²) in [5.74, 6) is -0.717. The van der Waals surface area contributed by atoms with Crippen LogP contribution < -0.4 is 9.47 Å². The summed E-state index contributed by atoms with van der Waals surface area (Å²) in [7, 11) is 1.30. The maximum atomic E-state index is 12.5. The van der Waals surface area contributed by atoms with Crippen LogP contribution in [0.25, 0.3) is 6.08 Å². The molecular weight excluding hydrogens is 308 g/mol. The molecule has 0 saturated heterocycles. The second-order valence-electron chi connectivity index (χ2n) is 4.10. The Labute approximate surface area is 131 Å². The van der Waals surface area contributed by atoms with Crippen molar-refractivity contribution < 1.29 is 23.0 Å². The number of amides is 1. The van der Waals surface area contributed by atoms with Crippen molar-refractivity contribution in [3.05, 3.63) is 29.8 Å². The van der Waals surface area contributed by atoms with Gasteiger partial charge in [-0.05, 0) is 12.1 Å². The molecule has 1 rings (SSSR count). The fourth-order valence-electron chi connectivity index (χ4n) is 1.69. The van der Waals surface area contributed by atoms with E-state index in [-0.39, 0.29) is 30.2 Å². The molecule has 23 heavy (non-hydrogen) atoms. The van der Waals surface area contributed by atoms with Gasteiger partial charge in [-0.1, -0.05) is 12.1 Å². The lowest BCUT2D eigenvalue weighted by Gasteiger charge is -2.14. The van der Waals surface area contributed by atoms with E-state index in [0.717, 1.165) is 11.0 Å². The molecule has 0 spiro atoms. The molecule has 1 aromatic carbocycles. The zero-order valence-electron chi connectivity index (χ0n) is 12.2. The summed E-state index contributed by atoms with van der Waals surface area (Å²) in [6, 6.07) is 7.97. The lowest BCUT2D eigenvalue weighted by atomic mass is 10.1. The minimum Gasteiger partial charge on any atom is -0.493 e. The van der Waals surface area contributed by atoms with E-state index in [1.807, 2.05) is 0 Å². The second kappa shape index (κ2) is 9.00. The number of rotatable bonds is 7. The van der Waals surface area contributed by atoms with Gasteiger partial charge in [0, 0.05) is 11.6 Å². The zero-order valence-corrected chi connectivity index (χ0v) is 12.2. The van der Waals surface area contributed by atoms with Crippen molar-refractivity contribution in [2.75, 3.05) is 20.2 Å². The number of carbonyl (C=O) groups excluding carboxylic acids is 1.